The van der Waals surface area contributed by atoms with Crippen molar-refractivity contribution in [2.24, 2.45) is 5.92 Å². The van der Waals surface area contributed by atoms with Crippen LogP contribution in [0.25, 0.3) is 16.7 Å². The Balaban J connectivity index is 1.52. The van der Waals surface area contributed by atoms with Gasteiger partial charge in [-0.25, -0.2) is 0 Å². The number of piperidine rings is 1. The van der Waals surface area contributed by atoms with E-state index in [4.69, 9.17) is 0 Å². The van der Waals surface area contributed by atoms with Gasteiger partial charge in [-0.2, -0.15) is 0 Å². The van der Waals surface area contributed by atoms with E-state index < -0.39 is 0 Å². The minimum atomic E-state index is 0.00679. The number of hydrogen-bond acceptors (Lipinski definition) is 5. The second kappa shape index (κ2) is 8.06. The van der Waals surface area contributed by atoms with Gasteiger partial charge in [-0.15, -0.1) is 10.2 Å². The molecule has 1 aliphatic carbocycles. The van der Waals surface area contributed by atoms with Gasteiger partial charge in [0.05, 0.1) is 16.7 Å². The molecule has 2 aromatic heterocycles. The third-order valence-corrected chi connectivity index (χ3v) is 7.36. The number of nitrogens with zero attached hydrogens (tertiary/aromatic N) is 5. The second-order valence-electron chi connectivity index (χ2n) is 8.62. The molecule has 158 valence electrons. The first-order chi connectivity index (χ1) is 14.6. The molecule has 2 fully saturated rings. The standard InChI is InChI=1S/C22H27N5O2S/c1-15-7-6-12-25(13-15)19(28)14-30-22-24-23-21-26(16-8-2-3-9-16)20(29)17-10-4-5-11-18(17)27(21)22/h4-5,10-11,15-16H,2-3,6-9,12-14H2,1H3/t15-/m0/s1. The molecule has 30 heavy (non-hydrogen) atoms. The number of amides is 1. The Hall–Kier alpha value is -2.35. The van der Waals surface area contributed by atoms with Crippen LogP contribution in [-0.4, -0.2) is 48.8 Å². The Morgan fingerprint density at radius 3 is 2.73 bits per heavy atom. The van der Waals surface area contributed by atoms with E-state index in [1.54, 1.807) is 0 Å². The minimum Gasteiger partial charge on any atom is -0.342 e. The first-order valence-corrected chi connectivity index (χ1v) is 11.9. The summed E-state index contributed by atoms with van der Waals surface area (Å²) in [6, 6.07) is 7.80. The first-order valence-electron chi connectivity index (χ1n) is 10.9. The van der Waals surface area contributed by atoms with E-state index >= 15 is 0 Å². The van der Waals surface area contributed by atoms with Crippen LogP contribution in [0.5, 0.6) is 0 Å². The zero-order valence-electron chi connectivity index (χ0n) is 17.3. The van der Waals surface area contributed by atoms with E-state index in [0.717, 1.165) is 50.7 Å². The monoisotopic (exact) mass is 425 g/mol. The predicted molar refractivity (Wildman–Crippen MR) is 118 cm³/mol. The minimum absolute atomic E-state index is 0.00679. The van der Waals surface area contributed by atoms with Crippen LogP contribution in [0.2, 0.25) is 0 Å². The van der Waals surface area contributed by atoms with Crippen LogP contribution in [0, 0.1) is 5.92 Å². The molecule has 3 heterocycles. The van der Waals surface area contributed by atoms with Gasteiger partial charge in [0.2, 0.25) is 11.7 Å². The van der Waals surface area contributed by atoms with E-state index in [2.05, 4.69) is 17.1 Å². The molecule has 1 aliphatic heterocycles. The van der Waals surface area contributed by atoms with Crippen molar-refractivity contribution in [3.63, 3.8) is 0 Å². The summed E-state index contributed by atoms with van der Waals surface area (Å²) < 4.78 is 3.80. The lowest BCUT2D eigenvalue weighted by Gasteiger charge is -2.30. The number of carbonyl (C=O) groups excluding carboxylic acids is 1. The van der Waals surface area contributed by atoms with Crippen molar-refractivity contribution in [2.45, 2.75) is 56.6 Å². The topological polar surface area (TPSA) is 72.5 Å². The quantitative estimate of drug-likeness (QED) is 0.598. The van der Waals surface area contributed by atoms with Gasteiger partial charge in [-0.3, -0.25) is 18.6 Å². The molecule has 3 aromatic rings. The molecule has 1 saturated carbocycles. The molecule has 1 saturated heterocycles. The molecule has 8 heteroatoms. The van der Waals surface area contributed by atoms with Crippen LogP contribution in [0.3, 0.4) is 0 Å². The Labute approximate surface area is 179 Å². The van der Waals surface area contributed by atoms with Crippen molar-refractivity contribution in [1.82, 2.24) is 24.1 Å². The highest BCUT2D eigenvalue weighted by Crippen LogP contribution is 2.31. The van der Waals surface area contributed by atoms with Crippen molar-refractivity contribution >= 4 is 34.3 Å². The summed E-state index contributed by atoms with van der Waals surface area (Å²) >= 11 is 1.41. The van der Waals surface area contributed by atoms with Gasteiger partial charge in [0.15, 0.2) is 5.16 Å². The van der Waals surface area contributed by atoms with Crippen LogP contribution >= 0.6 is 11.8 Å². The third kappa shape index (κ3) is 3.41. The van der Waals surface area contributed by atoms with Crippen LogP contribution < -0.4 is 5.56 Å². The molecule has 1 atom stereocenters. The summed E-state index contributed by atoms with van der Waals surface area (Å²) in [5.41, 5.74) is 0.811. The third-order valence-electron chi connectivity index (χ3n) is 6.45. The number of rotatable bonds is 4. The van der Waals surface area contributed by atoms with Crippen molar-refractivity contribution in [3.05, 3.63) is 34.6 Å². The lowest BCUT2D eigenvalue weighted by atomic mass is 10.0. The smallest absolute Gasteiger partial charge is 0.263 e. The van der Waals surface area contributed by atoms with Gasteiger partial charge in [0.25, 0.3) is 5.56 Å². The highest BCUT2D eigenvalue weighted by Gasteiger charge is 2.26. The van der Waals surface area contributed by atoms with Crippen LogP contribution in [-0.2, 0) is 4.79 Å². The molecule has 2 aliphatic rings. The summed E-state index contributed by atoms with van der Waals surface area (Å²) in [6.07, 6.45) is 6.52. The number of para-hydroxylation sites is 1. The number of aromatic nitrogens is 4. The summed E-state index contributed by atoms with van der Waals surface area (Å²) in [5, 5.41) is 10.2. The molecule has 1 amide bonds. The average molecular weight is 426 g/mol. The lowest BCUT2D eigenvalue weighted by molar-refractivity contribution is -0.130. The van der Waals surface area contributed by atoms with Crippen molar-refractivity contribution in [3.8, 4) is 0 Å². The van der Waals surface area contributed by atoms with Gasteiger partial charge in [0, 0.05) is 19.1 Å². The number of fused-ring (bicyclic) bond motifs is 3. The first kappa shape index (κ1) is 19.6. The van der Waals surface area contributed by atoms with Gasteiger partial charge in [0.1, 0.15) is 0 Å². The van der Waals surface area contributed by atoms with Gasteiger partial charge in [-0.05, 0) is 43.7 Å². The molecule has 0 spiro atoms. The van der Waals surface area contributed by atoms with Crippen molar-refractivity contribution in [2.75, 3.05) is 18.8 Å². The normalized spacial score (nSPS) is 20.4. The van der Waals surface area contributed by atoms with Crippen LogP contribution in [0.4, 0.5) is 0 Å². The van der Waals surface area contributed by atoms with Crippen molar-refractivity contribution in [1.29, 1.82) is 0 Å². The van der Waals surface area contributed by atoms with Crippen LogP contribution in [0.15, 0.2) is 34.2 Å². The molecule has 7 nitrogen and oxygen atoms in total. The molecule has 0 radical (unpaired) electrons. The Bertz CT molecular complexity index is 1150. The summed E-state index contributed by atoms with van der Waals surface area (Å²) in [4.78, 5) is 28.0. The molecular weight excluding hydrogens is 398 g/mol. The molecule has 0 unspecified atom stereocenters. The molecule has 5 rings (SSSR count). The highest BCUT2D eigenvalue weighted by molar-refractivity contribution is 7.99. The zero-order valence-corrected chi connectivity index (χ0v) is 18.1. The predicted octanol–water partition coefficient (Wildman–Crippen LogP) is 3.51. The van der Waals surface area contributed by atoms with E-state index in [1.807, 2.05) is 38.1 Å². The molecule has 0 N–H and O–H groups in total. The van der Waals surface area contributed by atoms with E-state index in [0.29, 0.717) is 28.0 Å². The molecule has 0 bridgehead atoms. The summed E-state index contributed by atoms with van der Waals surface area (Å²) in [5.74, 6) is 1.64. The molecule has 1 aromatic carbocycles. The summed E-state index contributed by atoms with van der Waals surface area (Å²) in [7, 11) is 0. The maximum atomic E-state index is 13.3. The van der Waals surface area contributed by atoms with E-state index in [-0.39, 0.29) is 17.5 Å². The average Bonchev–Trinajstić information content (AvgIpc) is 3.43. The fourth-order valence-electron chi connectivity index (χ4n) is 4.92. The second-order valence-corrected chi connectivity index (χ2v) is 9.57. The SMILES string of the molecule is C[C@H]1CCCN(C(=O)CSc2nnc3n(C4CCCC4)c(=O)c4ccccc4n23)C1. The number of likely N-dealkylation sites (tertiary alicyclic amines) is 1. The van der Waals surface area contributed by atoms with Gasteiger partial charge >= 0.3 is 0 Å². The number of carbonyl (C=O) groups is 1. The fraction of sp³-hybridized carbons (Fsp3) is 0.545. The zero-order chi connectivity index (χ0) is 20.7. The largest absolute Gasteiger partial charge is 0.342 e. The lowest BCUT2D eigenvalue weighted by Crippen LogP contribution is -2.40. The maximum Gasteiger partial charge on any atom is 0.263 e. The van der Waals surface area contributed by atoms with Gasteiger partial charge < -0.3 is 4.90 Å². The Morgan fingerprint density at radius 2 is 1.93 bits per heavy atom. The number of benzene rings is 1. The molecular formula is C22H27N5O2S. The van der Waals surface area contributed by atoms with Gasteiger partial charge in [-0.1, -0.05) is 43.7 Å². The number of thioether (sulfide) groups is 1. The fourth-order valence-corrected chi connectivity index (χ4v) is 5.76. The summed E-state index contributed by atoms with van der Waals surface area (Å²) in [6.45, 7) is 3.88. The Kier molecular flexibility index (Phi) is 5.26. The van der Waals surface area contributed by atoms with Crippen molar-refractivity contribution < 1.29 is 4.79 Å². The Morgan fingerprint density at radius 1 is 1.13 bits per heavy atom. The van der Waals surface area contributed by atoms with Crippen LogP contribution in [0.1, 0.15) is 51.5 Å². The highest BCUT2D eigenvalue weighted by atomic mass is 32.2. The maximum absolute atomic E-state index is 13.3. The van der Waals surface area contributed by atoms with E-state index in [1.165, 1.54) is 18.2 Å². The van der Waals surface area contributed by atoms with E-state index in [9.17, 15) is 9.59 Å². The number of hydrogen-bond donors (Lipinski definition) is 0.